The highest BCUT2D eigenvalue weighted by Gasteiger charge is 2.52. The number of nitrogens with zero attached hydrogens (tertiary/aromatic N) is 2. The summed E-state index contributed by atoms with van der Waals surface area (Å²) in [6, 6.07) is 12.7. The van der Waals surface area contributed by atoms with Gasteiger partial charge in [-0.05, 0) is 79.0 Å². The van der Waals surface area contributed by atoms with E-state index in [1.165, 1.54) is 12.1 Å². The summed E-state index contributed by atoms with van der Waals surface area (Å²) < 4.78 is 13.6. The Bertz CT molecular complexity index is 1170. The van der Waals surface area contributed by atoms with Crippen LogP contribution in [0.1, 0.15) is 62.4 Å². The molecule has 1 unspecified atom stereocenters. The molecule has 1 heterocycles. The third kappa shape index (κ3) is 5.83. The monoisotopic (exact) mass is 525 g/mol. The van der Waals surface area contributed by atoms with Gasteiger partial charge in [0.2, 0.25) is 0 Å². The number of anilines is 1. The van der Waals surface area contributed by atoms with Crippen LogP contribution in [0.25, 0.3) is 0 Å². The van der Waals surface area contributed by atoms with Gasteiger partial charge in [-0.1, -0.05) is 32.9 Å². The highest BCUT2D eigenvalue weighted by Crippen LogP contribution is 2.47. The Balaban J connectivity index is 1.53. The van der Waals surface area contributed by atoms with Crippen molar-refractivity contribution >= 4 is 23.6 Å². The lowest BCUT2D eigenvalue weighted by Gasteiger charge is -2.45. The van der Waals surface area contributed by atoms with Gasteiger partial charge in [-0.2, -0.15) is 0 Å². The molecule has 1 aliphatic carbocycles. The first-order valence-corrected chi connectivity index (χ1v) is 13.0. The van der Waals surface area contributed by atoms with E-state index >= 15 is 0 Å². The highest BCUT2D eigenvalue weighted by atomic mass is 19.1. The molecule has 0 radical (unpaired) electrons. The molecule has 8 nitrogen and oxygen atoms in total. The van der Waals surface area contributed by atoms with Crippen LogP contribution in [0.2, 0.25) is 0 Å². The molecule has 2 aromatic rings. The van der Waals surface area contributed by atoms with Crippen LogP contribution in [0.3, 0.4) is 0 Å². The van der Waals surface area contributed by atoms with Crippen molar-refractivity contribution in [1.29, 1.82) is 0 Å². The predicted molar refractivity (Wildman–Crippen MR) is 141 cm³/mol. The number of carboxylic acids is 1. The van der Waals surface area contributed by atoms with Gasteiger partial charge in [0.1, 0.15) is 5.82 Å². The minimum Gasteiger partial charge on any atom is -0.479 e. The average molecular weight is 526 g/mol. The van der Waals surface area contributed by atoms with E-state index in [0.29, 0.717) is 30.3 Å². The maximum atomic E-state index is 13.7. The molecule has 1 spiro atoms. The van der Waals surface area contributed by atoms with Crippen molar-refractivity contribution in [3.05, 3.63) is 65.5 Å². The molecule has 204 valence electrons. The van der Waals surface area contributed by atoms with Crippen molar-refractivity contribution in [1.82, 2.24) is 10.2 Å². The Morgan fingerprint density at radius 3 is 2.24 bits per heavy atom. The second-order valence-electron chi connectivity index (χ2n) is 11.6. The number of carbonyl (C=O) groups excluding carboxylic acids is 2. The van der Waals surface area contributed by atoms with E-state index in [2.05, 4.69) is 26.1 Å². The van der Waals surface area contributed by atoms with Crippen LogP contribution in [0.5, 0.6) is 0 Å². The first-order valence-electron chi connectivity index (χ1n) is 13.0. The summed E-state index contributed by atoms with van der Waals surface area (Å²) in [6.07, 6.45) is 2.13. The van der Waals surface area contributed by atoms with Gasteiger partial charge in [-0.25, -0.2) is 14.0 Å². The Hall–Kier alpha value is -3.46. The Labute approximate surface area is 222 Å². The lowest BCUT2D eigenvalue weighted by Crippen LogP contribution is -2.50. The summed E-state index contributed by atoms with van der Waals surface area (Å²) in [6.45, 7) is 7.31. The Kier molecular flexibility index (Phi) is 7.78. The molecule has 0 aromatic heterocycles. The lowest BCUT2D eigenvalue weighted by atomic mass is 9.67. The van der Waals surface area contributed by atoms with Gasteiger partial charge in [0.25, 0.3) is 5.91 Å². The number of halogens is 1. The summed E-state index contributed by atoms with van der Waals surface area (Å²) in [4.78, 5) is 40.5. The topological polar surface area (TPSA) is 110 Å². The van der Waals surface area contributed by atoms with Crippen molar-refractivity contribution in [2.75, 3.05) is 18.0 Å². The number of aliphatic hydroxyl groups excluding tert-OH is 1. The first kappa shape index (κ1) is 27.6. The van der Waals surface area contributed by atoms with Crippen molar-refractivity contribution in [2.24, 2.45) is 11.3 Å². The molecule has 1 atom stereocenters. The van der Waals surface area contributed by atoms with E-state index in [-0.39, 0.29) is 22.8 Å². The van der Waals surface area contributed by atoms with E-state index in [0.717, 1.165) is 31.2 Å². The van der Waals surface area contributed by atoms with Crippen LogP contribution in [-0.4, -0.2) is 57.8 Å². The molecule has 9 heteroatoms. The van der Waals surface area contributed by atoms with E-state index < -0.39 is 24.5 Å². The number of rotatable bonds is 7. The Morgan fingerprint density at radius 1 is 1.08 bits per heavy atom. The number of aliphatic carboxylic acids is 1. The van der Waals surface area contributed by atoms with Crippen LogP contribution < -0.4 is 10.2 Å². The number of carbonyl (C=O) groups is 3. The first-order chi connectivity index (χ1) is 17.9. The van der Waals surface area contributed by atoms with E-state index in [1.54, 1.807) is 41.3 Å². The molecule has 1 saturated carbocycles. The van der Waals surface area contributed by atoms with Gasteiger partial charge in [0, 0.05) is 17.8 Å². The van der Waals surface area contributed by atoms with Gasteiger partial charge in [0.05, 0.1) is 18.6 Å². The Morgan fingerprint density at radius 2 is 1.68 bits per heavy atom. The molecular weight excluding hydrogens is 489 g/mol. The minimum atomic E-state index is -1.67. The molecule has 2 fully saturated rings. The molecule has 38 heavy (non-hydrogen) atoms. The molecule has 0 bridgehead atoms. The lowest BCUT2D eigenvalue weighted by molar-refractivity contribution is -0.146. The summed E-state index contributed by atoms with van der Waals surface area (Å²) in [5.41, 5.74) is 1.72. The average Bonchev–Trinajstić information content (AvgIpc) is 3.13. The third-order valence-corrected chi connectivity index (χ3v) is 8.06. The number of amides is 3. The van der Waals surface area contributed by atoms with Crippen LogP contribution >= 0.6 is 0 Å². The standard InChI is InChI=1S/C29H36FN3O5/c1-28(2,3)21-12-14-29(15-13-21)18-32(23-10-8-22(30)9-11-23)27(38)33(29)17-19-4-6-20(7-5-19)25(35)31-16-24(34)26(36)37/h4-11,21,24,34H,12-18H2,1-3H3,(H,31,35)(H,36,37). The van der Waals surface area contributed by atoms with Crippen LogP contribution in [-0.2, 0) is 11.3 Å². The van der Waals surface area contributed by atoms with Gasteiger partial charge in [-0.3, -0.25) is 9.69 Å². The van der Waals surface area contributed by atoms with E-state index in [1.807, 2.05) is 4.90 Å². The van der Waals surface area contributed by atoms with Gasteiger partial charge < -0.3 is 20.4 Å². The molecule has 1 saturated heterocycles. The number of hydrogen-bond acceptors (Lipinski definition) is 4. The zero-order chi connectivity index (χ0) is 27.7. The van der Waals surface area contributed by atoms with Crippen molar-refractivity contribution < 1.29 is 29.0 Å². The predicted octanol–water partition coefficient (Wildman–Crippen LogP) is 4.42. The number of benzene rings is 2. The largest absolute Gasteiger partial charge is 0.479 e. The number of hydrogen-bond donors (Lipinski definition) is 3. The van der Waals surface area contributed by atoms with E-state index in [9.17, 15) is 23.9 Å². The normalized spacial score (nSPS) is 22.6. The highest BCUT2D eigenvalue weighted by molar-refractivity contribution is 5.96. The molecule has 3 N–H and O–H groups in total. The second-order valence-corrected chi connectivity index (χ2v) is 11.6. The third-order valence-electron chi connectivity index (χ3n) is 8.06. The summed E-state index contributed by atoms with van der Waals surface area (Å²) >= 11 is 0. The number of aliphatic hydroxyl groups is 1. The fourth-order valence-electron chi connectivity index (χ4n) is 5.63. The minimum absolute atomic E-state index is 0.115. The molecule has 2 aromatic carbocycles. The van der Waals surface area contributed by atoms with Crippen LogP contribution in [0.15, 0.2) is 48.5 Å². The summed E-state index contributed by atoms with van der Waals surface area (Å²) in [5, 5.41) is 20.5. The SMILES string of the molecule is CC(C)(C)C1CCC2(CC1)CN(c1ccc(F)cc1)C(=O)N2Cc1ccc(C(=O)NCC(O)C(=O)O)cc1. The summed E-state index contributed by atoms with van der Waals surface area (Å²) in [5.74, 6) is -1.67. The van der Waals surface area contributed by atoms with E-state index in [4.69, 9.17) is 5.11 Å². The molecule has 1 aliphatic heterocycles. The van der Waals surface area contributed by atoms with Crippen molar-refractivity contribution in [2.45, 2.75) is 64.6 Å². The van der Waals surface area contributed by atoms with Crippen molar-refractivity contribution in [3.63, 3.8) is 0 Å². The second kappa shape index (κ2) is 10.7. The molecular formula is C29H36FN3O5. The van der Waals surface area contributed by atoms with Gasteiger partial charge >= 0.3 is 12.0 Å². The molecule has 2 aliphatic rings. The quantitative estimate of drug-likeness (QED) is 0.496. The van der Waals surface area contributed by atoms with Crippen LogP contribution in [0.4, 0.5) is 14.9 Å². The summed E-state index contributed by atoms with van der Waals surface area (Å²) in [7, 11) is 0. The van der Waals surface area contributed by atoms with Gasteiger partial charge in [-0.15, -0.1) is 0 Å². The smallest absolute Gasteiger partial charge is 0.334 e. The fraction of sp³-hybridized carbons (Fsp3) is 0.483. The molecule has 3 amide bonds. The maximum Gasteiger partial charge on any atom is 0.334 e. The van der Waals surface area contributed by atoms with Crippen LogP contribution in [0, 0.1) is 17.2 Å². The zero-order valence-corrected chi connectivity index (χ0v) is 22.1. The number of carboxylic acid groups (broad SMARTS) is 1. The number of urea groups is 1. The maximum absolute atomic E-state index is 13.7. The number of nitrogens with one attached hydrogen (secondary N) is 1. The fourth-order valence-corrected chi connectivity index (χ4v) is 5.63. The van der Waals surface area contributed by atoms with Crippen molar-refractivity contribution in [3.8, 4) is 0 Å². The van der Waals surface area contributed by atoms with Gasteiger partial charge in [0.15, 0.2) is 6.10 Å². The molecule has 4 rings (SSSR count). The zero-order valence-electron chi connectivity index (χ0n) is 22.1.